The van der Waals surface area contributed by atoms with E-state index in [2.05, 4.69) is 17.6 Å². The predicted octanol–water partition coefficient (Wildman–Crippen LogP) is 3.25. The van der Waals surface area contributed by atoms with Gasteiger partial charge in [0.1, 0.15) is 6.54 Å². The number of hydrogen-bond acceptors (Lipinski definition) is 3. The van der Waals surface area contributed by atoms with Crippen LogP contribution < -0.4 is 10.6 Å². The van der Waals surface area contributed by atoms with Gasteiger partial charge in [-0.1, -0.05) is 19.4 Å². The molecular weight excluding hydrogens is 322 g/mol. The van der Waals surface area contributed by atoms with E-state index in [0.717, 1.165) is 35.2 Å². The number of fused-ring (bicyclic) bond motifs is 1. The second-order valence-electron chi connectivity index (χ2n) is 5.75. The average Bonchev–Trinajstić information content (AvgIpc) is 2.97. The number of thioether (sulfide) groups is 1. The van der Waals surface area contributed by atoms with E-state index in [1.165, 1.54) is 0 Å². The summed E-state index contributed by atoms with van der Waals surface area (Å²) in [5.74, 6) is 0.960. The summed E-state index contributed by atoms with van der Waals surface area (Å²) in [5.41, 5.74) is 1.69. The number of anilines is 1. The van der Waals surface area contributed by atoms with Crippen LogP contribution in [0.4, 0.5) is 5.69 Å². The Morgan fingerprint density at radius 2 is 2.08 bits per heavy atom. The fraction of sp³-hybridized carbons (Fsp3) is 0.444. The molecule has 1 aromatic heterocycles. The van der Waals surface area contributed by atoms with Gasteiger partial charge in [0.05, 0.1) is 10.8 Å². The first-order chi connectivity index (χ1) is 11.5. The largest absolute Gasteiger partial charge is 0.358 e. The average molecular weight is 347 g/mol. The zero-order chi connectivity index (χ0) is 17.5. The molecule has 2 rings (SSSR count). The van der Waals surface area contributed by atoms with Crippen molar-refractivity contribution < 1.29 is 9.59 Å². The molecule has 0 saturated heterocycles. The first-order valence-corrected chi connectivity index (χ1v) is 9.32. The lowest BCUT2D eigenvalue weighted by Gasteiger charge is -2.12. The molecule has 1 atom stereocenters. The lowest BCUT2D eigenvalue weighted by Crippen LogP contribution is -2.23. The fourth-order valence-electron chi connectivity index (χ4n) is 2.36. The molecule has 0 spiro atoms. The third kappa shape index (κ3) is 4.77. The van der Waals surface area contributed by atoms with Crippen molar-refractivity contribution in [1.29, 1.82) is 0 Å². The molecule has 2 amide bonds. The van der Waals surface area contributed by atoms with E-state index < -0.39 is 0 Å². The van der Waals surface area contributed by atoms with Gasteiger partial charge in [-0.2, -0.15) is 0 Å². The van der Waals surface area contributed by atoms with Gasteiger partial charge in [-0.15, -0.1) is 11.8 Å². The van der Waals surface area contributed by atoms with Crippen molar-refractivity contribution in [2.24, 2.45) is 0 Å². The Balaban J connectivity index is 2.08. The van der Waals surface area contributed by atoms with Gasteiger partial charge in [0, 0.05) is 18.9 Å². The molecule has 0 fully saturated rings. The van der Waals surface area contributed by atoms with Crippen LogP contribution in [0.15, 0.2) is 30.5 Å². The van der Waals surface area contributed by atoms with E-state index in [4.69, 9.17) is 0 Å². The number of nitrogens with zero attached hydrogens (tertiary/aromatic N) is 1. The molecule has 2 N–H and O–H groups in total. The summed E-state index contributed by atoms with van der Waals surface area (Å²) in [6.45, 7) is 4.34. The minimum Gasteiger partial charge on any atom is -0.358 e. The number of rotatable bonds is 8. The molecule has 1 heterocycles. The molecule has 0 aliphatic carbocycles. The highest BCUT2D eigenvalue weighted by molar-refractivity contribution is 8.00. The molecule has 0 saturated carbocycles. The van der Waals surface area contributed by atoms with E-state index in [9.17, 15) is 9.59 Å². The summed E-state index contributed by atoms with van der Waals surface area (Å²) in [4.78, 5) is 23.9. The van der Waals surface area contributed by atoms with Crippen LogP contribution in [0.2, 0.25) is 0 Å². The van der Waals surface area contributed by atoms with E-state index in [1.54, 1.807) is 18.8 Å². The number of carbonyl (C=O) groups is 2. The molecule has 1 aromatic carbocycles. The van der Waals surface area contributed by atoms with Crippen molar-refractivity contribution in [3.8, 4) is 0 Å². The van der Waals surface area contributed by atoms with E-state index in [1.807, 2.05) is 42.0 Å². The smallest absolute Gasteiger partial charge is 0.239 e. The van der Waals surface area contributed by atoms with E-state index >= 15 is 0 Å². The Bertz CT molecular complexity index is 711. The van der Waals surface area contributed by atoms with Crippen molar-refractivity contribution in [2.45, 2.75) is 38.5 Å². The molecule has 24 heavy (non-hydrogen) atoms. The molecule has 0 aliphatic heterocycles. The van der Waals surface area contributed by atoms with Crippen LogP contribution in [0.25, 0.3) is 10.9 Å². The molecule has 0 unspecified atom stereocenters. The highest BCUT2D eigenvalue weighted by atomic mass is 32.2. The Hall–Kier alpha value is -1.95. The van der Waals surface area contributed by atoms with Crippen molar-refractivity contribution in [1.82, 2.24) is 9.88 Å². The maximum Gasteiger partial charge on any atom is 0.239 e. The normalized spacial score (nSPS) is 12.1. The Morgan fingerprint density at radius 1 is 1.29 bits per heavy atom. The summed E-state index contributed by atoms with van der Waals surface area (Å²) in [6, 6.07) is 7.74. The van der Waals surface area contributed by atoms with Crippen LogP contribution in [0.1, 0.15) is 26.7 Å². The zero-order valence-corrected chi connectivity index (χ0v) is 15.3. The summed E-state index contributed by atoms with van der Waals surface area (Å²) in [5, 5.41) is 6.56. The topological polar surface area (TPSA) is 63.1 Å². The van der Waals surface area contributed by atoms with Crippen LogP contribution in [0.3, 0.4) is 0 Å². The third-order valence-corrected chi connectivity index (χ3v) is 5.11. The maximum atomic E-state index is 12.3. The van der Waals surface area contributed by atoms with Gasteiger partial charge in [0.2, 0.25) is 11.8 Å². The van der Waals surface area contributed by atoms with E-state index in [0.29, 0.717) is 0 Å². The number of aromatic nitrogens is 1. The van der Waals surface area contributed by atoms with Crippen molar-refractivity contribution >= 4 is 40.2 Å². The standard InChI is InChI=1S/C18H25N3O2S/c1-4-5-10-24-13(2)18(23)20-15-7-6-14-8-9-21(16(14)11-15)12-17(22)19-3/h6-9,11,13H,4-5,10,12H2,1-3H3,(H,19,22)(H,20,23)/t13-/m0/s1. The SMILES string of the molecule is CCCCS[C@@H](C)C(=O)Nc1ccc2ccn(CC(=O)NC)c2c1. The number of carbonyl (C=O) groups excluding carboxylic acids is 2. The minimum atomic E-state index is -0.0788. The van der Waals surface area contributed by atoms with Gasteiger partial charge in [-0.05, 0) is 42.7 Å². The molecule has 130 valence electrons. The number of benzene rings is 1. The van der Waals surface area contributed by atoms with Gasteiger partial charge < -0.3 is 15.2 Å². The van der Waals surface area contributed by atoms with Gasteiger partial charge in [0.25, 0.3) is 0 Å². The second kappa shape index (κ2) is 8.78. The minimum absolute atomic E-state index is 0.0138. The number of likely N-dealkylation sites (N-methyl/N-ethyl adjacent to an activating group) is 1. The van der Waals surface area contributed by atoms with E-state index in [-0.39, 0.29) is 23.6 Å². The lowest BCUT2D eigenvalue weighted by atomic mass is 10.2. The fourth-order valence-corrected chi connectivity index (χ4v) is 3.38. The molecular formula is C18H25N3O2S. The predicted molar refractivity (Wildman–Crippen MR) is 101 cm³/mol. The molecule has 0 bridgehead atoms. The second-order valence-corrected chi connectivity index (χ2v) is 7.19. The summed E-state index contributed by atoms with van der Waals surface area (Å²) in [6.07, 6.45) is 4.15. The van der Waals surface area contributed by atoms with Gasteiger partial charge in [-0.25, -0.2) is 0 Å². The van der Waals surface area contributed by atoms with Gasteiger partial charge in [-0.3, -0.25) is 9.59 Å². The van der Waals surface area contributed by atoms with Gasteiger partial charge in [0.15, 0.2) is 0 Å². The summed E-state index contributed by atoms with van der Waals surface area (Å²) >= 11 is 1.68. The van der Waals surface area contributed by atoms with Crippen LogP contribution >= 0.6 is 11.8 Å². The molecule has 6 heteroatoms. The Kier molecular flexibility index (Phi) is 6.73. The summed E-state index contributed by atoms with van der Waals surface area (Å²) < 4.78 is 1.88. The van der Waals surface area contributed by atoms with Gasteiger partial charge >= 0.3 is 0 Å². The van der Waals surface area contributed by atoms with Crippen molar-refractivity contribution in [2.75, 3.05) is 18.1 Å². The third-order valence-electron chi connectivity index (χ3n) is 3.87. The van der Waals surface area contributed by atoms with Crippen molar-refractivity contribution in [3.63, 3.8) is 0 Å². The van der Waals surface area contributed by atoms with Crippen molar-refractivity contribution in [3.05, 3.63) is 30.5 Å². The quantitative estimate of drug-likeness (QED) is 0.721. The Morgan fingerprint density at radius 3 is 2.79 bits per heavy atom. The number of nitrogens with one attached hydrogen (secondary N) is 2. The Labute approximate surface area is 147 Å². The molecule has 2 aromatic rings. The monoisotopic (exact) mass is 347 g/mol. The maximum absolute atomic E-state index is 12.3. The molecule has 0 aliphatic rings. The van der Waals surface area contributed by atoms with Crippen LogP contribution in [-0.4, -0.2) is 34.4 Å². The van der Waals surface area contributed by atoms with Crippen LogP contribution in [0, 0.1) is 0 Å². The lowest BCUT2D eigenvalue weighted by molar-refractivity contribution is -0.121. The van der Waals surface area contributed by atoms with Crippen LogP contribution in [0.5, 0.6) is 0 Å². The zero-order valence-electron chi connectivity index (χ0n) is 14.5. The summed E-state index contributed by atoms with van der Waals surface area (Å²) in [7, 11) is 1.62. The number of amides is 2. The number of unbranched alkanes of at least 4 members (excludes halogenated alkanes) is 1. The molecule has 5 nitrogen and oxygen atoms in total. The molecule has 0 radical (unpaired) electrons. The number of hydrogen-bond donors (Lipinski definition) is 2. The highest BCUT2D eigenvalue weighted by Gasteiger charge is 2.14. The first-order valence-electron chi connectivity index (χ1n) is 8.27. The van der Waals surface area contributed by atoms with Crippen LogP contribution in [-0.2, 0) is 16.1 Å². The highest BCUT2D eigenvalue weighted by Crippen LogP contribution is 2.22. The first kappa shape index (κ1) is 18.4.